The summed E-state index contributed by atoms with van der Waals surface area (Å²) in [5.74, 6) is 0. The molecule has 0 amide bonds. The summed E-state index contributed by atoms with van der Waals surface area (Å²) in [6, 6.07) is 195. The Morgan fingerprint density at radius 1 is 0.116 bits per heavy atom. The lowest BCUT2D eigenvalue weighted by Gasteiger charge is -2.11. The van der Waals surface area contributed by atoms with Gasteiger partial charge in [0.1, 0.15) is 0 Å². The monoisotopic (exact) mass is 1890 g/mol. The zero-order valence-electron chi connectivity index (χ0n) is 79.3. The molecule has 0 aliphatic carbocycles. The molecule has 8 aromatic heterocycles. The lowest BCUT2D eigenvalue weighted by molar-refractivity contribution is 1.18. The fourth-order valence-corrected chi connectivity index (χ4v) is 25.6. The van der Waals surface area contributed by atoms with E-state index < -0.39 is 0 Å². The van der Waals surface area contributed by atoms with Gasteiger partial charge in [-0.25, -0.2) is 0 Å². The van der Waals surface area contributed by atoms with Crippen molar-refractivity contribution in [1.29, 1.82) is 0 Å². The van der Waals surface area contributed by atoms with Crippen LogP contribution < -0.4 is 0 Å². The molecule has 0 saturated carbocycles. The molecule has 23 aromatic carbocycles. The van der Waals surface area contributed by atoms with Crippen LogP contribution in [0.2, 0.25) is 0 Å². The minimum absolute atomic E-state index is 1.16. The maximum Gasteiger partial charge on any atom is 0.0555 e. The predicted molar refractivity (Wildman–Crippen MR) is 624 cm³/mol. The number of aromatic nitrogens is 6. The molecule has 0 N–H and O–H groups in total. The van der Waals surface area contributed by atoms with Crippen molar-refractivity contribution in [2.75, 3.05) is 0 Å². The van der Waals surface area contributed by atoms with Gasteiger partial charge in [0.05, 0.1) is 71.9 Å². The lowest BCUT2D eigenvalue weighted by atomic mass is 9.98. The molecule has 146 heavy (non-hydrogen) atoms. The van der Waals surface area contributed by atoms with Crippen molar-refractivity contribution < 1.29 is 0 Å². The van der Waals surface area contributed by atoms with Gasteiger partial charge in [0.25, 0.3) is 0 Å². The first-order chi connectivity index (χ1) is 72.4. The summed E-state index contributed by atoms with van der Waals surface area (Å²) in [6.07, 6.45) is 0. The molecular weight excluding hydrogens is 1810 g/mol. The number of benzene rings is 23. The summed E-state index contributed by atoms with van der Waals surface area (Å²) in [5.41, 5.74) is 36.3. The third kappa shape index (κ3) is 13.9. The molecule has 6 nitrogen and oxygen atoms in total. The number of rotatable bonds is 12. The second kappa shape index (κ2) is 34.6. The van der Waals surface area contributed by atoms with Gasteiger partial charge in [-0.05, 0) is 237 Å². The average molecular weight is 1890 g/mol. The van der Waals surface area contributed by atoms with Gasteiger partial charge < -0.3 is 27.4 Å². The van der Waals surface area contributed by atoms with E-state index in [1.54, 1.807) is 0 Å². The molecular formula is C138H88N6S2. The molecule has 0 saturated heterocycles. The van der Waals surface area contributed by atoms with Crippen LogP contribution in [0.4, 0.5) is 0 Å². The van der Waals surface area contributed by atoms with Gasteiger partial charge in [0.2, 0.25) is 0 Å². The SMILES string of the molecule is c1ccc(-c2ccc(-n3c4ccccc4c4ccc(-c5ccc6c(c5)c5ccccc5n6-c5ccc6c(c5)sc5ccccc56)cc43)cc2)cc1.c1ccc(-c2ccc(-n3c4ccccc4c4ccc(-c5ccc6c(c5)c5ccccc5n6-c5cccc6sc7ccccc7c56)cc43)cc2)cc1.c1ccc(-c2ccc(-n3c4ccccc4c4ccc(-c5cccc6c5c5ccccc5n6-c5ccccc5)cc43)cc2)cc1. The summed E-state index contributed by atoms with van der Waals surface area (Å²) < 4.78 is 19.8. The van der Waals surface area contributed by atoms with Crippen LogP contribution in [0.3, 0.4) is 0 Å². The van der Waals surface area contributed by atoms with Crippen LogP contribution in [-0.2, 0) is 0 Å². The Kier molecular flexibility index (Phi) is 20.0. The largest absolute Gasteiger partial charge is 0.309 e. The fraction of sp³-hybridized carbons (Fsp3) is 0. The van der Waals surface area contributed by atoms with Crippen molar-refractivity contribution in [3.05, 3.63) is 534 Å². The summed E-state index contributed by atoms with van der Waals surface area (Å²) in [7, 11) is 0. The van der Waals surface area contributed by atoms with Gasteiger partial charge in [-0.1, -0.05) is 364 Å². The van der Waals surface area contributed by atoms with E-state index in [9.17, 15) is 0 Å². The van der Waals surface area contributed by atoms with Crippen LogP contribution in [-0.4, -0.2) is 27.4 Å². The molecule has 0 spiro atoms. The van der Waals surface area contributed by atoms with Gasteiger partial charge in [-0.15, -0.1) is 22.7 Å². The van der Waals surface area contributed by atoms with Crippen molar-refractivity contribution in [2.24, 2.45) is 0 Å². The van der Waals surface area contributed by atoms with Crippen molar-refractivity contribution >= 4 is 194 Å². The molecule has 31 rings (SSSR count). The lowest BCUT2D eigenvalue weighted by Crippen LogP contribution is -1.95. The smallest absolute Gasteiger partial charge is 0.0555 e. The van der Waals surface area contributed by atoms with Crippen LogP contribution in [0.5, 0.6) is 0 Å². The van der Waals surface area contributed by atoms with Gasteiger partial charge >= 0.3 is 0 Å². The minimum atomic E-state index is 1.16. The second-order valence-corrected chi connectivity index (χ2v) is 40.2. The Bertz CT molecular complexity index is 10600. The summed E-state index contributed by atoms with van der Waals surface area (Å²) in [4.78, 5) is 0. The zero-order chi connectivity index (χ0) is 96.0. The number of fused-ring (bicyclic) bond motifs is 24. The van der Waals surface area contributed by atoms with Crippen LogP contribution in [0.1, 0.15) is 0 Å². The Morgan fingerprint density at radius 3 is 0.870 bits per heavy atom. The highest BCUT2D eigenvalue weighted by Gasteiger charge is 2.25. The van der Waals surface area contributed by atoms with E-state index in [0.717, 1.165) is 17.1 Å². The van der Waals surface area contributed by atoms with E-state index in [1.807, 2.05) is 22.7 Å². The Morgan fingerprint density at radius 2 is 0.390 bits per heavy atom. The summed E-state index contributed by atoms with van der Waals surface area (Å²) in [5, 5.41) is 20.4. The highest BCUT2D eigenvalue weighted by atomic mass is 32.1. The van der Waals surface area contributed by atoms with E-state index in [-0.39, 0.29) is 0 Å². The topological polar surface area (TPSA) is 29.6 Å². The van der Waals surface area contributed by atoms with E-state index in [0.29, 0.717) is 0 Å². The molecule has 0 aliphatic rings. The number of hydrogen-bond donors (Lipinski definition) is 0. The molecule has 682 valence electrons. The van der Waals surface area contributed by atoms with Gasteiger partial charge in [0.15, 0.2) is 0 Å². The first-order valence-corrected chi connectivity index (χ1v) is 51.6. The van der Waals surface area contributed by atoms with Gasteiger partial charge in [0, 0.05) is 133 Å². The van der Waals surface area contributed by atoms with E-state index in [4.69, 9.17) is 0 Å². The molecule has 31 aromatic rings. The molecule has 8 heterocycles. The van der Waals surface area contributed by atoms with Crippen molar-refractivity contribution in [3.8, 4) is 101 Å². The third-order valence-electron chi connectivity index (χ3n) is 30.0. The van der Waals surface area contributed by atoms with E-state index in [1.165, 1.54) is 255 Å². The Balaban J connectivity index is 0.000000104. The average Bonchev–Trinajstić information content (AvgIpc) is 1.58. The standard InChI is InChI=1S/2C48H30N2S.C42H28N2/c1-2-11-31(12-3-1)32-21-25-35(26-22-32)49-41-16-7-4-13-36(41)38-27-23-34(30-45(38)49)33-24-28-43-40(29-33)37-14-5-8-17-42(37)50(43)44-18-10-20-47-48(44)39-15-6-9-19-46(39)51-47;1-2-10-31(11-3-1)32-18-22-35(23-19-32)49-43-15-7-4-12-37(43)39-25-20-34(29-46(39)49)33-21-27-45-42(28-33)38-13-5-8-16-44(38)50(45)36-24-26-41-40-14-6-9-17-47(40)51-48(41)30-36;1-3-12-29(13-4-1)30-22-25-33(26-23-30)44-38-19-9-7-16-35(38)36-27-24-31(28-41(36)44)34-18-11-21-40-42(34)37-17-8-10-20-39(37)43(40)32-14-5-2-6-15-32/h2*1-30H;1-28H. The van der Waals surface area contributed by atoms with Crippen molar-refractivity contribution in [2.45, 2.75) is 0 Å². The quantitative estimate of drug-likeness (QED) is 0.117. The fourth-order valence-electron chi connectivity index (χ4n) is 23.3. The highest BCUT2D eigenvalue weighted by molar-refractivity contribution is 7.26. The molecule has 0 radical (unpaired) electrons. The Labute approximate surface area is 849 Å². The van der Waals surface area contributed by atoms with Crippen LogP contribution in [0.25, 0.3) is 272 Å². The molecule has 0 aliphatic heterocycles. The predicted octanol–water partition coefficient (Wildman–Crippen LogP) is 38.4. The molecule has 0 atom stereocenters. The van der Waals surface area contributed by atoms with Crippen LogP contribution in [0, 0.1) is 0 Å². The molecule has 0 bridgehead atoms. The first kappa shape index (κ1) is 84.2. The van der Waals surface area contributed by atoms with E-state index >= 15 is 0 Å². The van der Waals surface area contributed by atoms with Crippen LogP contribution in [0.15, 0.2) is 534 Å². The van der Waals surface area contributed by atoms with Crippen molar-refractivity contribution in [1.82, 2.24) is 27.4 Å². The van der Waals surface area contributed by atoms with Crippen LogP contribution >= 0.6 is 22.7 Å². The first-order valence-electron chi connectivity index (χ1n) is 50.0. The maximum atomic E-state index is 2.47. The van der Waals surface area contributed by atoms with Gasteiger partial charge in [-0.2, -0.15) is 0 Å². The number of hydrogen-bond acceptors (Lipinski definition) is 2. The normalized spacial score (nSPS) is 11.8. The number of nitrogens with zero attached hydrogens (tertiary/aromatic N) is 6. The summed E-state index contributed by atoms with van der Waals surface area (Å²) in [6.45, 7) is 0. The third-order valence-corrected chi connectivity index (χ3v) is 32.3. The number of thiophene rings is 2. The number of para-hydroxylation sites is 7. The molecule has 0 unspecified atom stereocenters. The highest BCUT2D eigenvalue weighted by Crippen LogP contribution is 2.49. The van der Waals surface area contributed by atoms with E-state index in [2.05, 4.69) is 561 Å². The van der Waals surface area contributed by atoms with Crippen molar-refractivity contribution in [3.63, 3.8) is 0 Å². The molecule has 0 fully saturated rings. The Hall–Kier alpha value is -18.7. The molecule has 8 heteroatoms. The maximum absolute atomic E-state index is 2.47. The second-order valence-electron chi connectivity index (χ2n) is 38.1. The zero-order valence-corrected chi connectivity index (χ0v) is 80.9. The summed E-state index contributed by atoms with van der Waals surface area (Å²) >= 11 is 3.74. The minimum Gasteiger partial charge on any atom is -0.309 e. The van der Waals surface area contributed by atoms with Gasteiger partial charge in [-0.3, -0.25) is 0 Å².